The first-order valence-electron chi connectivity index (χ1n) is 9.88. The number of nitrogens with zero attached hydrogens (tertiary/aromatic N) is 1. The molecule has 0 saturated heterocycles. The van der Waals surface area contributed by atoms with Gasteiger partial charge in [-0.1, -0.05) is 30.3 Å². The molecule has 0 aromatic heterocycles. The number of rotatable bonds is 6. The highest BCUT2D eigenvalue weighted by Crippen LogP contribution is 2.47. The molecule has 164 valence electrons. The molecule has 32 heavy (non-hydrogen) atoms. The van der Waals surface area contributed by atoms with Gasteiger partial charge in [0, 0.05) is 12.2 Å². The summed E-state index contributed by atoms with van der Waals surface area (Å²) in [7, 11) is 2.21. The fraction of sp³-hybridized carbons (Fsp3) is 0.261. The molecule has 1 atom stereocenters. The molecule has 0 bridgehead atoms. The van der Waals surface area contributed by atoms with Crippen molar-refractivity contribution in [1.82, 2.24) is 4.90 Å². The van der Waals surface area contributed by atoms with Crippen molar-refractivity contribution >= 4 is 35.3 Å². The first-order chi connectivity index (χ1) is 15.4. The van der Waals surface area contributed by atoms with Crippen LogP contribution in [0.25, 0.3) is 0 Å². The molecule has 2 aromatic carbocycles. The van der Waals surface area contributed by atoms with Gasteiger partial charge in [-0.15, -0.1) is 0 Å². The van der Waals surface area contributed by atoms with Crippen LogP contribution in [-0.4, -0.2) is 55.3 Å². The molecule has 2 heterocycles. The van der Waals surface area contributed by atoms with E-state index in [9.17, 15) is 24.0 Å². The number of hydrogen-bond donors (Lipinski definition) is 1. The number of imide groups is 1. The van der Waals surface area contributed by atoms with E-state index >= 15 is 0 Å². The van der Waals surface area contributed by atoms with Crippen molar-refractivity contribution < 1.29 is 33.4 Å². The summed E-state index contributed by atoms with van der Waals surface area (Å²) < 4.78 is 9.67. The molecule has 9 nitrogen and oxygen atoms in total. The van der Waals surface area contributed by atoms with Crippen molar-refractivity contribution in [3.63, 3.8) is 0 Å². The number of anilines is 1. The summed E-state index contributed by atoms with van der Waals surface area (Å²) in [6, 6.07) is 13.0. The topological polar surface area (TPSA) is 119 Å². The predicted octanol–water partition coefficient (Wildman–Crippen LogP) is 1.52. The summed E-state index contributed by atoms with van der Waals surface area (Å²) >= 11 is 0. The Kier molecular flexibility index (Phi) is 5.25. The maximum absolute atomic E-state index is 13.3. The fourth-order valence-electron chi connectivity index (χ4n) is 4.48. The van der Waals surface area contributed by atoms with Crippen molar-refractivity contribution in [3.05, 3.63) is 65.2 Å². The average molecular weight is 436 g/mol. The maximum atomic E-state index is 13.3. The van der Waals surface area contributed by atoms with E-state index in [1.807, 2.05) is 0 Å². The number of benzene rings is 2. The number of hydrogen-bond acceptors (Lipinski definition) is 7. The fourth-order valence-corrected chi connectivity index (χ4v) is 4.48. The zero-order valence-electron chi connectivity index (χ0n) is 17.4. The second-order valence-electron chi connectivity index (χ2n) is 7.51. The van der Waals surface area contributed by atoms with Crippen LogP contribution in [0.5, 0.6) is 0 Å². The molecule has 0 saturated carbocycles. The zero-order valence-corrected chi connectivity index (χ0v) is 17.4. The van der Waals surface area contributed by atoms with Gasteiger partial charge in [0.1, 0.15) is 5.41 Å². The molecule has 2 aliphatic heterocycles. The molecule has 3 amide bonds. The quantitative estimate of drug-likeness (QED) is 0.414. The third-order valence-electron chi connectivity index (χ3n) is 6.04. The van der Waals surface area contributed by atoms with Gasteiger partial charge in [0.25, 0.3) is 11.8 Å². The Bertz CT molecular complexity index is 1110. The molecule has 0 spiro atoms. The minimum atomic E-state index is -1.73. The smallest absolute Gasteiger partial charge is 0.321 e. The lowest BCUT2D eigenvalue weighted by Crippen LogP contribution is -2.52. The zero-order chi connectivity index (χ0) is 23.0. The van der Waals surface area contributed by atoms with Crippen LogP contribution in [0.2, 0.25) is 0 Å². The molecule has 2 aromatic rings. The Morgan fingerprint density at radius 2 is 1.44 bits per heavy atom. The second-order valence-corrected chi connectivity index (χ2v) is 7.51. The van der Waals surface area contributed by atoms with Crippen LogP contribution in [0.3, 0.4) is 0 Å². The van der Waals surface area contributed by atoms with E-state index in [0.717, 1.165) is 19.1 Å². The second kappa shape index (κ2) is 7.92. The molecule has 0 fully saturated rings. The van der Waals surface area contributed by atoms with Gasteiger partial charge in [0.2, 0.25) is 5.91 Å². The number of carbonyl (C=O) groups excluding carboxylic acids is 5. The normalized spacial score (nSPS) is 19.0. The molecular weight excluding hydrogens is 416 g/mol. The molecule has 9 heteroatoms. The highest BCUT2D eigenvalue weighted by atomic mass is 16.5. The van der Waals surface area contributed by atoms with E-state index in [1.165, 1.54) is 0 Å². The van der Waals surface area contributed by atoms with E-state index in [0.29, 0.717) is 11.3 Å². The van der Waals surface area contributed by atoms with Crippen molar-refractivity contribution in [2.24, 2.45) is 5.92 Å². The molecule has 1 N–H and O–H groups in total. The number of methoxy groups -OCH3 is 2. The van der Waals surface area contributed by atoms with Gasteiger partial charge in [-0.05, 0) is 30.2 Å². The molecule has 4 rings (SSSR count). The monoisotopic (exact) mass is 436 g/mol. The lowest BCUT2D eigenvalue weighted by Gasteiger charge is -2.33. The maximum Gasteiger partial charge on any atom is 0.321 e. The lowest BCUT2D eigenvalue weighted by molar-refractivity contribution is -0.164. The van der Waals surface area contributed by atoms with Crippen LogP contribution in [0.4, 0.5) is 5.69 Å². The predicted molar refractivity (Wildman–Crippen MR) is 111 cm³/mol. The summed E-state index contributed by atoms with van der Waals surface area (Å²) in [4.78, 5) is 65.4. The van der Waals surface area contributed by atoms with Gasteiger partial charge >= 0.3 is 11.9 Å². The van der Waals surface area contributed by atoms with E-state index in [4.69, 9.17) is 9.47 Å². The number of amides is 3. The lowest BCUT2D eigenvalue weighted by atomic mass is 9.68. The number of nitrogens with one attached hydrogen (secondary N) is 1. The van der Waals surface area contributed by atoms with E-state index in [2.05, 4.69) is 5.32 Å². The Morgan fingerprint density at radius 3 is 2.00 bits per heavy atom. The van der Waals surface area contributed by atoms with Gasteiger partial charge in [-0.25, -0.2) is 0 Å². The van der Waals surface area contributed by atoms with Gasteiger partial charge in [0.15, 0.2) is 5.92 Å². The SMILES string of the molecule is COC(=O)C(C(=O)OC)[C@@]1(CCN2C(=O)c3ccccc3C2=O)C(=O)Nc2ccccc21. The highest BCUT2D eigenvalue weighted by Gasteiger charge is 2.59. The Balaban J connectivity index is 1.78. The summed E-state index contributed by atoms with van der Waals surface area (Å²) in [6.45, 7) is -0.196. The first kappa shape index (κ1) is 21.2. The Labute approximate surface area is 183 Å². The summed E-state index contributed by atoms with van der Waals surface area (Å²) in [5.74, 6) is -5.15. The minimum Gasteiger partial charge on any atom is -0.468 e. The van der Waals surface area contributed by atoms with Crippen LogP contribution < -0.4 is 5.32 Å². The number of carbonyl (C=O) groups is 5. The summed E-state index contributed by atoms with van der Waals surface area (Å²) in [5.41, 5.74) is -0.382. The number of esters is 2. The van der Waals surface area contributed by atoms with Crippen LogP contribution in [0.1, 0.15) is 32.7 Å². The molecule has 0 aliphatic carbocycles. The number of ether oxygens (including phenoxy) is 2. The minimum absolute atomic E-state index is 0.184. The Morgan fingerprint density at radius 1 is 0.906 bits per heavy atom. The molecule has 0 radical (unpaired) electrons. The Hall–Kier alpha value is -4.01. The van der Waals surface area contributed by atoms with Crippen molar-refractivity contribution in [2.45, 2.75) is 11.8 Å². The van der Waals surface area contributed by atoms with E-state index < -0.39 is 41.0 Å². The van der Waals surface area contributed by atoms with Crippen LogP contribution >= 0.6 is 0 Å². The average Bonchev–Trinajstić information content (AvgIpc) is 3.23. The largest absolute Gasteiger partial charge is 0.468 e. The van der Waals surface area contributed by atoms with Crippen LogP contribution in [-0.2, 0) is 29.3 Å². The van der Waals surface area contributed by atoms with Gasteiger partial charge < -0.3 is 14.8 Å². The standard InChI is InChI=1S/C23H20N2O7/c1-31-20(28)17(21(29)32-2)23(15-9-5-6-10-16(15)24-22(23)30)11-12-25-18(26)13-7-3-4-8-14(13)19(25)27/h3-10,17H,11-12H2,1-2H3,(H,24,30)/t23-/m0/s1. The third kappa shape index (κ3) is 2.96. The van der Waals surface area contributed by atoms with Gasteiger partial charge in [-0.3, -0.25) is 28.9 Å². The molecule has 2 aliphatic rings. The van der Waals surface area contributed by atoms with Crippen LogP contribution in [0.15, 0.2) is 48.5 Å². The van der Waals surface area contributed by atoms with E-state index in [1.54, 1.807) is 48.5 Å². The number of para-hydroxylation sites is 1. The van der Waals surface area contributed by atoms with Crippen LogP contribution in [0, 0.1) is 5.92 Å². The number of fused-ring (bicyclic) bond motifs is 2. The molecular formula is C23H20N2O7. The van der Waals surface area contributed by atoms with E-state index in [-0.39, 0.29) is 24.1 Å². The molecule has 0 unspecified atom stereocenters. The van der Waals surface area contributed by atoms with Gasteiger partial charge in [-0.2, -0.15) is 0 Å². The summed E-state index contributed by atoms with van der Waals surface area (Å²) in [5, 5.41) is 2.70. The highest BCUT2D eigenvalue weighted by molar-refractivity contribution is 6.21. The van der Waals surface area contributed by atoms with Gasteiger partial charge in [0.05, 0.1) is 25.3 Å². The van der Waals surface area contributed by atoms with Crippen molar-refractivity contribution in [1.29, 1.82) is 0 Å². The van der Waals surface area contributed by atoms with Crippen molar-refractivity contribution in [2.75, 3.05) is 26.1 Å². The third-order valence-corrected chi connectivity index (χ3v) is 6.04. The van der Waals surface area contributed by atoms with Crippen molar-refractivity contribution in [3.8, 4) is 0 Å². The summed E-state index contributed by atoms with van der Waals surface area (Å²) in [6.07, 6.45) is -0.184. The first-order valence-corrected chi connectivity index (χ1v) is 9.88.